The number of alkyl halides is 2. The molecule has 1 atom stereocenters. The van der Waals surface area contributed by atoms with Gasteiger partial charge in [0.05, 0.1) is 13.2 Å². The van der Waals surface area contributed by atoms with Crippen molar-refractivity contribution >= 4 is 18.0 Å². The van der Waals surface area contributed by atoms with Crippen molar-refractivity contribution in [1.82, 2.24) is 4.90 Å². The monoisotopic (exact) mass is 339 g/mol. The van der Waals surface area contributed by atoms with Gasteiger partial charge < -0.3 is 9.47 Å². The van der Waals surface area contributed by atoms with Crippen LogP contribution in [0.2, 0.25) is 0 Å². The largest absolute Gasteiger partial charge is 0.463 e. The molecule has 1 aliphatic heterocycles. The fourth-order valence-corrected chi connectivity index (χ4v) is 2.33. The summed E-state index contributed by atoms with van der Waals surface area (Å²) in [6.07, 6.45) is 0.554. The quantitative estimate of drug-likeness (QED) is 0.713. The Balaban J connectivity index is 1.90. The molecule has 1 aromatic carbocycles. The van der Waals surface area contributed by atoms with Gasteiger partial charge in [0.25, 0.3) is 0 Å². The Morgan fingerprint density at radius 1 is 1.46 bits per heavy atom. The maximum absolute atomic E-state index is 14.0. The number of hydrogen-bond acceptors (Lipinski definition) is 5. The molecule has 1 saturated heterocycles. The van der Waals surface area contributed by atoms with Crippen molar-refractivity contribution in [1.29, 1.82) is 0 Å². The van der Waals surface area contributed by atoms with Crippen molar-refractivity contribution in [3.63, 3.8) is 0 Å². The fourth-order valence-electron chi connectivity index (χ4n) is 2.33. The molecule has 7 heteroatoms. The lowest BCUT2D eigenvalue weighted by molar-refractivity contribution is -0.182. The van der Waals surface area contributed by atoms with Crippen LogP contribution >= 0.6 is 0 Å². The van der Waals surface area contributed by atoms with E-state index in [1.54, 1.807) is 18.2 Å². The predicted molar refractivity (Wildman–Crippen MR) is 83.3 cm³/mol. The number of carbonyl (C=O) groups excluding carboxylic acids is 2. The number of cyclic esters (lactones) is 1. The standard InChI is InChI=1S/C17H19F2NO4/c1-3-12-4-6-13(7-5-12)10-20(2)11-17(18,19)16(22)24-14-8-9-23-15(14)21/h3-7,14H,1,8-11H2,2H3. The highest BCUT2D eigenvalue weighted by molar-refractivity contribution is 5.83. The van der Waals surface area contributed by atoms with Gasteiger partial charge in [-0.05, 0) is 18.2 Å². The molecule has 0 aliphatic carbocycles. The molecular formula is C17H19F2NO4. The fraction of sp³-hybridized carbons (Fsp3) is 0.412. The molecule has 0 spiro atoms. The van der Waals surface area contributed by atoms with Crippen molar-refractivity contribution in [2.45, 2.75) is 25.0 Å². The highest BCUT2D eigenvalue weighted by Gasteiger charge is 2.44. The highest BCUT2D eigenvalue weighted by atomic mass is 19.3. The Kier molecular flexibility index (Phi) is 5.66. The lowest BCUT2D eigenvalue weighted by Crippen LogP contribution is -2.43. The van der Waals surface area contributed by atoms with Crippen LogP contribution in [0.1, 0.15) is 17.5 Å². The van der Waals surface area contributed by atoms with Crippen molar-refractivity contribution in [3.8, 4) is 0 Å². The van der Waals surface area contributed by atoms with Gasteiger partial charge in [-0.3, -0.25) is 4.90 Å². The van der Waals surface area contributed by atoms with Gasteiger partial charge in [0.15, 0.2) is 0 Å². The summed E-state index contributed by atoms with van der Waals surface area (Å²) in [5, 5.41) is 0. The summed E-state index contributed by atoms with van der Waals surface area (Å²) in [5.41, 5.74) is 1.75. The zero-order valence-electron chi connectivity index (χ0n) is 13.3. The number of halogens is 2. The van der Waals surface area contributed by atoms with Crippen LogP contribution in [0.25, 0.3) is 6.08 Å². The van der Waals surface area contributed by atoms with Crippen LogP contribution in [-0.2, 0) is 25.6 Å². The SMILES string of the molecule is C=Cc1ccc(CN(C)CC(F)(F)C(=O)OC2CCOC2=O)cc1. The summed E-state index contributed by atoms with van der Waals surface area (Å²) in [7, 11) is 1.48. The number of ether oxygens (including phenoxy) is 2. The number of esters is 2. The second-order valence-corrected chi connectivity index (χ2v) is 5.67. The van der Waals surface area contributed by atoms with Crippen LogP contribution in [-0.4, -0.2) is 49.1 Å². The summed E-state index contributed by atoms with van der Waals surface area (Å²) in [4.78, 5) is 24.1. The number of benzene rings is 1. The normalized spacial score (nSPS) is 17.7. The van der Waals surface area contributed by atoms with E-state index in [0.29, 0.717) is 0 Å². The van der Waals surface area contributed by atoms with E-state index in [1.165, 1.54) is 11.9 Å². The summed E-state index contributed by atoms with van der Waals surface area (Å²) >= 11 is 0. The molecule has 0 aromatic heterocycles. The first kappa shape index (κ1) is 18.1. The molecule has 1 unspecified atom stereocenters. The lowest BCUT2D eigenvalue weighted by Gasteiger charge is -2.23. The summed E-state index contributed by atoms with van der Waals surface area (Å²) in [6.45, 7) is 3.15. The van der Waals surface area contributed by atoms with E-state index >= 15 is 0 Å². The average molecular weight is 339 g/mol. The second-order valence-electron chi connectivity index (χ2n) is 5.67. The summed E-state index contributed by atoms with van der Waals surface area (Å²) in [5.74, 6) is -6.20. The third-order valence-corrected chi connectivity index (χ3v) is 3.57. The molecule has 0 radical (unpaired) electrons. The van der Waals surface area contributed by atoms with Gasteiger partial charge in [-0.2, -0.15) is 8.78 Å². The lowest BCUT2D eigenvalue weighted by atomic mass is 10.1. The second kappa shape index (κ2) is 7.53. The molecule has 5 nitrogen and oxygen atoms in total. The minimum absolute atomic E-state index is 0.0724. The van der Waals surface area contributed by atoms with Crippen molar-refractivity contribution in [3.05, 3.63) is 42.0 Å². The van der Waals surface area contributed by atoms with Gasteiger partial charge in [-0.25, -0.2) is 9.59 Å². The third-order valence-electron chi connectivity index (χ3n) is 3.57. The Bertz CT molecular complexity index is 616. The Labute approximate surface area is 138 Å². The minimum atomic E-state index is -3.71. The van der Waals surface area contributed by atoms with Gasteiger partial charge in [-0.1, -0.05) is 36.9 Å². The molecule has 2 rings (SSSR count). The Morgan fingerprint density at radius 2 is 2.12 bits per heavy atom. The van der Waals surface area contributed by atoms with Gasteiger partial charge in [0.1, 0.15) is 0 Å². The molecule has 24 heavy (non-hydrogen) atoms. The van der Waals surface area contributed by atoms with Crippen LogP contribution in [0, 0.1) is 0 Å². The van der Waals surface area contributed by atoms with E-state index in [1.807, 2.05) is 12.1 Å². The number of rotatable bonds is 7. The number of hydrogen-bond donors (Lipinski definition) is 0. The van der Waals surface area contributed by atoms with Gasteiger partial charge in [-0.15, -0.1) is 0 Å². The molecule has 0 amide bonds. The van der Waals surface area contributed by atoms with Crippen LogP contribution in [0.5, 0.6) is 0 Å². The maximum Gasteiger partial charge on any atom is 0.379 e. The van der Waals surface area contributed by atoms with Gasteiger partial charge >= 0.3 is 17.9 Å². The van der Waals surface area contributed by atoms with Gasteiger partial charge in [0.2, 0.25) is 6.10 Å². The minimum Gasteiger partial charge on any atom is -0.463 e. The molecule has 1 aromatic rings. The first-order chi connectivity index (χ1) is 11.3. The first-order valence-corrected chi connectivity index (χ1v) is 7.47. The topological polar surface area (TPSA) is 55.8 Å². The summed E-state index contributed by atoms with van der Waals surface area (Å²) in [6, 6.07) is 7.26. The van der Waals surface area contributed by atoms with E-state index in [9.17, 15) is 18.4 Å². The molecule has 0 saturated carbocycles. The van der Waals surface area contributed by atoms with E-state index in [4.69, 9.17) is 0 Å². The zero-order chi connectivity index (χ0) is 17.7. The molecule has 0 bridgehead atoms. The number of nitrogens with zero attached hydrogens (tertiary/aromatic N) is 1. The molecular weight excluding hydrogens is 320 g/mol. The van der Waals surface area contributed by atoms with Gasteiger partial charge in [0, 0.05) is 13.0 Å². The van der Waals surface area contributed by atoms with Crippen molar-refractivity contribution in [2.75, 3.05) is 20.2 Å². The van der Waals surface area contributed by atoms with Crippen LogP contribution in [0.3, 0.4) is 0 Å². The summed E-state index contributed by atoms with van der Waals surface area (Å²) < 4.78 is 37.1. The van der Waals surface area contributed by atoms with Crippen molar-refractivity contribution < 1.29 is 27.8 Å². The van der Waals surface area contributed by atoms with Crippen LogP contribution < -0.4 is 0 Å². The molecule has 1 fully saturated rings. The van der Waals surface area contributed by atoms with Crippen LogP contribution in [0.4, 0.5) is 8.78 Å². The Morgan fingerprint density at radius 3 is 2.67 bits per heavy atom. The van der Waals surface area contributed by atoms with E-state index in [-0.39, 0.29) is 19.6 Å². The average Bonchev–Trinajstić information content (AvgIpc) is 2.92. The van der Waals surface area contributed by atoms with Crippen molar-refractivity contribution in [2.24, 2.45) is 0 Å². The maximum atomic E-state index is 14.0. The Hall–Kier alpha value is -2.28. The van der Waals surface area contributed by atoms with E-state index in [0.717, 1.165) is 11.1 Å². The molecule has 0 N–H and O–H groups in total. The third kappa shape index (κ3) is 4.61. The molecule has 1 aliphatic rings. The smallest absolute Gasteiger partial charge is 0.379 e. The first-order valence-electron chi connectivity index (χ1n) is 7.47. The predicted octanol–water partition coefficient (Wildman–Crippen LogP) is 2.26. The molecule has 1 heterocycles. The highest BCUT2D eigenvalue weighted by Crippen LogP contribution is 2.21. The van der Waals surface area contributed by atoms with E-state index < -0.39 is 30.5 Å². The number of carbonyl (C=O) groups is 2. The zero-order valence-corrected chi connectivity index (χ0v) is 13.3. The van der Waals surface area contributed by atoms with E-state index in [2.05, 4.69) is 16.1 Å². The van der Waals surface area contributed by atoms with Crippen LogP contribution in [0.15, 0.2) is 30.8 Å². The molecule has 130 valence electrons.